The van der Waals surface area contributed by atoms with Crippen LogP contribution in [0.3, 0.4) is 0 Å². The van der Waals surface area contributed by atoms with Crippen molar-refractivity contribution in [3.05, 3.63) is 52.1 Å². The minimum Gasteiger partial charge on any atom is -0.436 e. The van der Waals surface area contributed by atoms with E-state index in [1.54, 1.807) is 0 Å². The molecule has 19 heavy (non-hydrogen) atoms. The molecule has 0 unspecified atom stereocenters. The Bertz CT molecular complexity index is 650. The van der Waals surface area contributed by atoms with Gasteiger partial charge in [0.15, 0.2) is 11.6 Å². The first-order chi connectivity index (χ1) is 8.97. The maximum absolute atomic E-state index is 13.5. The number of primary amides is 1. The van der Waals surface area contributed by atoms with Crippen LogP contribution in [0.2, 0.25) is 0 Å². The van der Waals surface area contributed by atoms with Gasteiger partial charge in [0.25, 0.3) is 5.91 Å². The number of pyridine rings is 1. The van der Waals surface area contributed by atoms with Gasteiger partial charge in [-0.15, -0.1) is 0 Å². The van der Waals surface area contributed by atoms with Crippen molar-refractivity contribution in [1.29, 1.82) is 0 Å². The molecule has 1 aromatic heterocycles. The lowest BCUT2D eigenvalue weighted by molar-refractivity contribution is 0.0995. The molecule has 0 bridgehead atoms. The highest BCUT2D eigenvalue weighted by molar-refractivity contribution is 9.10. The van der Waals surface area contributed by atoms with Gasteiger partial charge >= 0.3 is 0 Å². The number of hydrogen-bond donors (Lipinski definition) is 1. The Labute approximate surface area is 115 Å². The highest BCUT2D eigenvalue weighted by Crippen LogP contribution is 2.28. The number of ether oxygens (including phenoxy) is 1. The van der Waals surface area contributed by atoms with Crippen LogP contribution in [0.4, 0.5) is 8.78 Å². The predicted octanol–water partition coefficient (Wildman–Crippen LogP) is 3.01. The molecule has 0 saturated carbocycles. The van der Waals surface area contributed by atoms with E-state index >= 15 is 0 Å². The second-order valence-corrected chi connectivity index (χ2v) is 4.44. The number of hydrogen-bond acceptors (Lipinski definition) is 3. The minimum absolute atomic E-state index is 0.0339. The van der Waals surface area contributed by atoms with E-state index in [-0.39, 0.29) is 17.3 Å². The van der Waals surface area contributed by atoms with Gasteiger partial charge in [-0.05, 0) is 18.2 Å². The molecule has 1 amide bonds. The number of halogens is 3. The third-order valence-corrected chi connectivity index (χ3v) is 2.61. The Morgan fingerprint density at radius 3 is 2.74 bits per heavy atom. The van der Waals surface area contributed by atoms with Gasteiger partial charge in [0.2, 0.25) is 11.7 Å². The van der Waals surface area contributed by atoms with E-state index < -0.39 is 17.5 Å². The standard InChI is InChI=1S/C12H7BrF2N2O2/c13-6-4-7(14)11(15)9(5-6)19-10-3-1-2-8(17-10)12(16)18/h1-5H,(H2,16,18). The van der Waals surface area contributed by atoms with Crippen LogP contribution in [-0.2, 0) is 0 Å². The van der Waals surface area contributed by atoms with Crippen LogP contribution < -0.4 is 10.5 Å². The summed E-state index contributed by atoms with van der Waals surface area (Å²) >= 11 is 3.02. The van der Waals surface area contributed by atoms with Crippen LogP contribution in [0, 0.1) is 11.6 Å². The van der Waals surface area contributed by atoms with Crippen LogP contribution in [0.25, 0.3) is 0 Å². The van der Waals surface area contributed by atoms with E-state index in [0.29, 0.717) is 4.47 Å². The lowest BCUT2D eigenvalue weighted by atomic mass is 10.3. The molecule has 0 radical (unpaired) electrons. The Morgan fingerprint density at radius 1 is 1.32 bits per heavy atom. The summed E-state index contributed by atoms with van der Waals surface area (Å²) in [6.45, 7) is 0. The Hall–Kier alpha value is -2.02. The van der Waals surface area contributed by atoms with Gasteiger partial charge in [-0.3, -0.25) is 4.79 Å². The van der Waals surface area contributed by atoms with E-state index in [1.807, 2.05) is 0 Å². The average molecular weight is 329 g/mol. The maximum atomic E-state index is 13.5. The van der Waals surface area contributed by atoms with Crippen molar-refractivity contribution in [3.8, 4) is 11.6 Å². The number of nitrogens with two attached hydrogens (primary N) is 1. The van der Waals surface area contributed by atoms with Gasteiger partial charge in [-0.1, -0.05) is 22.0 Å². The fourth-order valence-electron chi connectivity index (χ4n) is 1.33. The van der Waals surface area contributed by atoms with Crippen LogP contribution in [0.15, 0.2) is 34.8 Å². The summed E-state index contributed by atoms with van der Waals surface area (Å²) in [5.41, 5.74) is 5.02. The number of aromatic nitrogens is 1. The SMILES string of the molecule is NC(=O)c1cccc(Oc2cc(Br)cc(F)c2F)n1. The van der Waals surface area contributed by atoms with E-state index in [0.717, 1.165) is 6.07 Å². The van der Waals surface area contributed by atoms with Crippen molar-refractivity contribution in [1.82, 2.24) is 4.98 Å². The molecule has 98 valence electrons. The molecule has 0 saturated heterocycles. The number of benzene rings is 1. The number of carbonyl (C=O) groups excluding carboxylic acids is 1. The first kappa shape index (κ1) is 13.4. The predicted molar refractivity (Wildman–Crippen MR) is 66.9 cm³/mol. The van der Waals surface area contributed by atoms with Gasteiger partial charge in [0.05, 0.1) is 0 Å². The second kappa shape index (κ2) is 5.31. The van der Waals surface area contributed by atoms with E-state index in [1.165, 1.54) is 24.3 Å². The quantitative estimate of drug-likeness (QED) is 0.881. The van der Waals surface area contributed by atoms with Gasteiger partial charge in [-0.2, -0.15) is 4.39 Å². The van der Waals surface area contributed by atoms with Crippen molar-refractivity contribution in [2.45, 2.75) is 0 Å². The minimum atomic E-state index is -1.14. The average Bonchev–Trinajstić information content (AvgIpc) is 2.35. The largest absolute Gasteiger partial charge is 0.436 e. The molecule has 7 heteroatoms. The van der Waals surface area contributed by atoms with Gasteiger partial charge in [0.1, 0.15) is 5.69 Å². The Kier molecular flexibility index (Phi) is 3.75. The number of rotatable bonds is 3. The molecule has 2 N–H and O–H groups in total. The summed E-state index contributed by atoms with van der Waals surface area (Å²) in [5, 5.41) is 0. The molecule has 2 aromatic rings. The lowest BCUT2D eigenvalue weighted by Gasteiger charge is -2.07. The molecular formula is C12H7BrF2N2O2. The molecule has 1 heterocycles. The van der Waals surface area contributed by atoms with Crippen molar-refractivity contribution < 1.29 is 18.3 Å². The molecule has 0 fully saturated rings. The summed E-state index contributed by atoms with van der Waals surface area (Å²) in [6, 6.07) is 6.46. The zero-order valence-corrected chi connectivity index (χ0v) is 10.9. The number of carbonyl (C=O) groups is 1. The Balaban J connectivity index is 2.36. The molecule has 0 spiro atoms. The zero-order valence-electron chi connectivity index (χ0n) is 9.36. The van der Waals surface area contributed by atoms with Crippen molar-refractivity contribution >= 4 is 21.8 Å². The monoisotopic (exact) mass is 328 g/mol. The van der Waals surface area contributed by atoms with Gasteiger partial charge in [0, 0.05) is 10.5 Å². The summed E-state index contributed by atoms with van der Waals surface area (Å²) in [6.07, 6.45) is 0. The van der Waals surface area contributed by atoms with Gasteiger partial charge in [-0.25, -0.2) is 9.37 Å². The van der Waals surface area contributed by atoms with Crippen LogP contribution in [0.1, 0.15) is 10.5 Å². The van der Waals surface area contributed by atoms with Crippen LogP contribution in [-0.4, -0.2) is 10.9 Å². The first-order valence-corrected chi connectivity index (χ1v) is 5.86. The fraction of sp³-hybridized carbons (Fsp3) is 0. The lowest BCUT2D eigenvalue weighted by Crippen LogP contribution is -2.13. The molecule has 0 aliphatic heterocycles. The summed E-state index contributed by atoms with van der Waals surface area (Å²) in [7, 11) is 0. The van der Waals surface area contributed by atoms with E-state index in [4.69, 9.17) is 10.5 Å². The maximum Gasteiger partial charge on any atom is 0.267 e. The van der Waals surface area contributed by atoms with Crippen molar-refractivity contribution in [2.75, 3.05) is 0 Å². The number of amides is 1. The van der Waals surface area contributed by atoms with Gasteiger partial charge < -0.3 is 10.5 Å². The number of nitrogens with zero attached hydrogens (tertiary/aromatic N) is 1. The highest BCUT2D eigenvalue weighted by Gasteiger charge is 2.13. The molecule has 0 aliphatic rings. The zero-order chi connectivity index (χ0) is 14.0. The third kappa shape index (κ3) is 3.05. The summed E-state index contributed by atoms with van der Waals surface area (Å²) in [4.78, 5) is 14.7. The second-order valence-electron chi connectivity index (χ2n) is 3.53. The fourth-order valence-corrected chi connectivity index (χ4v) is 1.74. The molecular weight excluding hydrogens is 322 g/mol. The van der Waals surface area contributed by atoms with Crippen LogP contribution in [0.5, 0.6) is 11.6 Å². The van der Waals surface area contributed by atoms with E-state index in [2.05, 4.69) is 20.9 Å². The summed E-state index contributed by atoms with van der Waals surface area (Å²) < 4.78 is 32.1. The van der Waals surface area contributed by atoms with E-state index in [9.17, 15) is 13.6 Å². The van der Waals surface area contributed by atoms with Crippen LogP contribution >= 0.6 is 15.9 Å². The smallest absolute Gasteiger partial charge is 0.267 e. The Morgan fingerprint density at radius 2 is 2.05 bits per heavy atom. The summed E-state index contributed by atoms with van der Waals surface area (Å²) in [5.74, 6) is -3.36. The van der Waals surface area contributed by atoms with Crippen molar-refractivity contribution in [2.24, 2.45) is 5.73 Å². The molecule has 1 aromatic carbocycles. The topological polar surface area (TPSA) is 65.2 Å². The molecule has 0 aliphatic carbocycles. The molecule has 2 rings (SSSR count). The first-order valence-electron chi connectivity index (χ1n) is 5.06. The molecule has 4 nitrogen and oxygen atoms in total. The normalized spacial score (nSPS) is 10.3. The molecule has 0 atom stereocenters. The highest BCUT2D eigenvalue weighted by atomic mass is 79.9. The van der Waals surface area contributed by atoms with Crippen molar-refractivity contribution in [3.63, 3.8) is 0 Å². The third-order valence-electron chi connectivity index (χ3n) is 2.15.